The van der Waals surface area contributed by atoms with E-state index in [0.717, 1.165) is 4.90 Å². The molecule has 0 bridgehead atoms. The second-order valence-electron chi connectivity index (χ2n) is 6.01. The van der Waals surface area contributed by atoms with E-state index in [0.29, 0.717) is 0 Å². The highest BCUT2D eigenvalue weighted by Crippen LogP contribution is 2.39. The van der Waals surface area contributed by atoms with E-state index in [-0.39, 0.29) is 36.6 Å². The van der Waals surface area contributed by atoms with Crippen molar-refractivity contribution in [1.29, 1.82) is 0 Å². The highest BCUT2D eigenvalue weighted by Gasteiger charge is 2.56. The van der Waals surface area contributed by atoms with Gasteiger partial charge < -0.3 is 4.74 Å². The Morgan fingerprint density at radius 3 is 2.87 bits per heavy atom. The Hall–Kier alpha value is -0.810. The summed E-state index contributed by atoms with van der Waals surface area (Å²) in [5.74, 6) is 1.68. The number of ether oxygens (including phenoxy) is 1. The molecule has 2 heterocycles. The van der Waals surface area contributed by atoms with Crippen molar-refractivity contribution < 1.29 is 18.7 Å². The van der Waals surface area contributed by atoms with Crippen molar-refractivity contribution in [2.24, 2.45) is 0 Å². The van der Waals surface area contributed by atoms with Gasteiger partial charge >= 0.3 is 0 Å². The molecule has 0 aromatic carbocycles. The third-order valence-electron chi connectivity index (χ3n) is 4.51. The molecule has 3 fully saturated rings. The van der Waals surface area contributed by atoms with Crippen LogP contribution >= 0.6 is 23.4 Å². The fourth-order valence-electron chi connectivity index (χ4n) is 3.45. The van der Waals surface area contributed by atoms with Gasteiger partial charge in [0.2, 0.25) is 11.8 Å². The molecule has 7 unspecified atom stereocenters. The van der Waals surface area contributed by atoms with E-state index >= 15 is 0 Å². The molecule has 0 aromatic heterocycles. The molecule has 5 nitrogen and oxygen atoms in total. The summed E-state index contributed by atoms with van der Waals surface area (Å²) in [6, 6.07) is -1.40. The first-order valence-corrected chi connectivity index (χ1v) is 8.93. The lowest BCUT2D eigenvalue weighted by atomic mass is 9.89. The highest BCUT2D eigenvalue weighted by atomic mass is 35.5. The van der Waals surface area contributed by atoms with Crippen LogP contribution in [0.2, 0.25) is 0 Å². The Morgan fingerprint density at radius 1 is 1.48 bits per heavy atom. The highest BCUT2D eigenvalue weighted by molar-refractivity contribution is 8.01. The number of hydrogen-bond acceptors (Lipinski definition) is 5. The van der Waals surface area contributed by atoms with E-state index in [4.69, 9.17) is 22.8 Å². The number of rotatable bonds is 3. The van der Waals surface area contributed by atoms with Gasteiger partial charge in [0.15, 0.2) is 0 Å². The van der Waals surface area contributed by atoms with Gasteiger partial charge in [0.25, 0.3) is 0 Å². The standard InChI is InChI=1S/C15H18ClFN2O3S/c1-3-4-22-11-6-10(9(17)5-8(11)16)19-14(20)12-13(15(19)21)23-7(2)18-12/h1,7-13,18H,4-6H2,2H3. The molecule has 3 aliphatic rings. The number of hydrogen-bond donors (Lipinski definition) is 1. The van der Waals surface area contributed by atoms with Crippen molar-refractivity contribution in [3.05, 3.63) is 0 Å². The average molecular weight is 361 g/mol. The van der Waals surface area contributed by atoms with E-state index in [1.165, 1.54) is 11.8 Å². The minimum Gasteiger partial charge on any atom is -0.364 e. The third kappa shape index (κ3) is 2.98. The molecule has 23 heavy (non-hydrogen) atoms. The number of likely N-dealkylation sites (tertiary alicyclic amines) is 1. The Kier molecular flexibility index (Phi) is 4.88. The first-order valence-electron chi connectivity index (χ1n) is 7.55. The maximum absolute atomic E-state index is 14.5. The summed E-state index contributed by atoms with van der Waals surface area (Å²) in [4.78, 5) is 26.2. The van der Waals surface area contributed by atoms with Crippen molar-refractivity contribution in [2.45, 2.75) is 60.1 Å². The zero-order chi connectivity index (χ0) is 16.7. The van der Waals surface area contributed by atoms with Crippen LogP contribution in [0.25, 0.3) is 0 Å². The summed E-state index contributed by atoms with van der Waals surface area (Å²) in [5, 5.41) is 2.12. The van der Waals surface area contributed by atoms with E-state index in [9.17, 15) is 14.0 Å². The quantitative estimate of drug-likeness (QED) is 0.460. The number of imide groups is 1. The van der Waals surface area contributed by atoms with Gasteiger partial charge in [-0.05, 0) is 19.8 Å². The number of terminal acetylenes is 1. The molecule has 7 atom stereocenters. The second-order valence-corrected chi connectivity index (χ2v) is 8.06. The molecule has 3 rings (SSSR count). The Labute approximate surface area is 143 Å². The molecule has 126 valence electrons. The molecule has 1 aliphatic carbocycles. The van der Waals surface area contributed by atoms with Crippen molar-refractivity contribution in [3.63, 3.8) is 0 Å². The number of thioether (sulfide) groups is 1. The Bertz CT molecular complexity index is 533. The number of fused-ring (bicyclic) bond motifs is 1. The number of amides is 2. The number of carbonyl (C=O) groups is 2. The predicted molar refractivity (Wildman–Crippen MR) is 85.7 cm³/mol. The van der Waals surface area contributed by atoms with E-state index in [2.05, 4.69) is 11.2 Å². The first kappa shape index (κ1) is 17.0. The number of nitrogens with one attached hydrogen (secondary N) is 1. The van der Waals surface area contributed by atoms with E-state index in [1.54, 1.807) is 0 Å². The summed E-state index contributed by atoms with van der Waals surface area (Å²) < 4.78 is 20.0. The molecule has 8 heteroatoms. The van der Waals surface area contributed by atoms with Crippen molar-refractivity contribution in [3.8, 4) is 12.3 Å². The summed E-state index contributed by atoms with van der Waals surface area (Å²) in [6.45, 7) is 1.97. The molecule has 0 spiro atoms. The lowest BCUT2D eigenvalue weighted by molar-refractivity contribution is -0.145. The van der Waals surface area contributed by atoms with Gasteiger partial charge in [0.05, 0.1) is 22.9 Å². The smallest absolute Gasteiger partial charge is 0.248 e. The molecule has 1 N–H and O–H groups in total. The molecule has 0 radical (unpaired) electrons. The van der Waals surface area contributed by atoms with Gasteiger partial charge in [-0.25, -0.2) is 4.39 Å². The molecule has 2 amide bonds. The number of halogens is 2. The molecular weight excluding hydrogens is 343 g/mol. The largest absolute Gasteiger partial charge is 0.364 e. The van der Waals surface area contributed by atoms with Crippen LogP contribution in [0.5, 0.6) is 0 Å². The monoisotopic (exact) mass is 360 g/mol. The van der Waals surface area contributed by atoms with Gasteiger partial charge in [0, 0.05) is 0 Å². The number of carbonyl (C=O) groups excluding carboxylic acids is 2. The SMILES string of the molecule is C#CCOC1CC(N2C(=O)C3NC(C)SC3C2=O)C(F)CC1Cl. The van der Waals surface area contributed by atoms with Crippen LogP contribution in [0.15, 0.2) is 0 Å². The Morgan fingerprint density at radius 2 is 2.22 bits per heavy atom. The molecule has 0 aromatic rings. The average Bonchev–Trinajstić information content (AvgIpc) is 2.98. The minimum atomic E-state index is -1.35. The number of alkyl halides is 2. The van der Waals surface area contributed by atoms with Gasteiger partial charge in [-0.1, -0.05) is 5.92 Å². The second kappa shape index (κ2) is 6.60. The zero-order valence-corrected chi connectivity index (χ0v) is 14.1. The zero-order valence-electron chi connectivity index (χ0n) is 12.6. The van der Waals surface area contributed by atoms with Crippen LogP contribution in [-0.2, 0) is 14.3 Å². The normalized spacial score (nSPS) is 43.6. The van der Waals surface area contributed by atoms with E-state index in [1.807, 2.05) is 6.92 Å². The predicted octanol–water partition coefficient (Wildman–Crippen LogP) is 0.901. The lowest BCUT2D eigenvalue weighted by Gasteiger charge is -2.39. The fourth-order valence-corrected chi connectivity index (χ4v) is 5.05. The van der Waals surface area contributed by atoms with Crippen LogP contribution in [0.1, 0.15) is 19.8 Å². The lowest BCUT2D eigenvalue weighted by Crippen LogP contribution is -2.54. The molecular formula is C15H18ClFN2O3S. The summed E-state index contributed by atoms with van der Waals surface area (Å²) >= 11 is 7.54. The minimum absolute atomic E-state index is 0.0326. The van der Waals surface area contributed by atoms with Crippen LogP contribution in [0.4, 0.5) is 4.39 Å². The van der Waals surface area contributed by atoms with Crippen LogP contribution in [0.3, 0.4) is 0 Å². The van der Waals surface area contributed by atoms with Crippen molar-refractivity contribution >= 4 is 35.2 Å². The molecule has 1 saturated carbocycles. The van der Waals surface area contributed by atoms with Gasteiger partial charge in [-0.15, -0.1) is 29.8 Å². The van der Waals surface area contributed by atoms with Crippen molar-refractivity contribution in [1.82, 2.24) is 10.2 Å². The van der Waals surface area contributed by atoms with Crippen LogP contribution in [-0.4, -0.2) is 63.7 Å². The molecule has 2 saturated heterocycles. The summed E-state index contributed by atoms with van der Waals surface area (Å²) in [6.07, 6.45) is 3.56. The van der Waals surface area contributed by atoms with Gasteiger partial charge in [0.1, 0.15) is 24.1 Å². The topological polar surface area (TPSA) is 58.6 Å². The summed E-state index contributed by atoms with van der Waals surface area (Å²) in [5.41, 5.74) is 0. The van der Waals surface area contributed by atoms with Crippen LogP contribution < -0.4 is 5.32 Å². The van der Waals surface area contributed by atoms with Gasteiger partial charge in [-0.3, -0.25) is 19.8 Å². The first-order chi connectivity index (χ1) is 10.9. The van der Waals surface area contributed by atoms with Crippen molar-refractivity contribution in [2.75, 3.05) is 6.61 Å². The maximum atomic E-state index is 14.5. The Balaban J connectivity index is 1.76. The fraction of sp³-hybridized carbons (Fsp3) is 0.733. The summed E-state index contributed by atoms with van der Waals surface area (Å²) in [7, 11) is 0. The third-order valence-corrected chi connectivity index (χ3v) is 6.28. The van der Waals surface area contributed by atoms with Gasteiger partial charge in [-0.2, -0.15) is 0 Å². The number of nitrogens with zero attached hydrogens (tertiary/aromatic N) is 1. The maximum Gasteiger partial charge on any atom is 0.248 e. The van der Waals surface area contributed by atoms with E-state index < -0.39 is 35.0 Å². The molecule has 2 aliphatic heterocycles. The van der Waals surface area contributed by atoms with Crippen LogP contribution in [0, 0.1) is 12.3 Å².